The standard InChI is InChI=1S/C23H20F3N3O3/c24-23(25,26)18-10-8-17(9-11-18)22-27-21(32-28-22)15-29(13-16-5-2-1-3-6-16)14-19(30)20-7-4-12-31-20/h1-12,19,30H,13-15H2/t19-/m1/s1. The summed E-state index contributed by atoms with van der Waals surface area (Å²) in [6, 6.07) is 17.7. The SMILES string of the molecule is O[C@H](CN(Cc1ccccc1)Cc1nc(-c2ccc(C(F)(F)F)cc2)no1)c1ccco1. The Balaban J connectivity index is 1.50. The van der Waals surface area contributed by atoms with Crippen molar-refractivity contribution in [2.24, 2.45) is 0 Å². The maximum Gasteiger partial charge on any atom is 0.416 e. The molecule has 0 aliphatic rings. The van der Waals surface area contributed by atoms with Crippen LogP contribution in [0, 0.1) is 0 Å². The molecular formula is C23H20F3N3O3. The van der Waals surface area contributed by atoms with Crippen molar-refractivity contribution in [3.05, 3.63) is 95.8 Å². The number of aliphatic hydroxyl groups excluding tert-OH is 1. The number of hydrogen-bond acceptors (Lipinski definition) is 6. The Kier molecular flexibility index (Phi) is 6.38. The van der Waals surface area contributed by atoms with E-state index in [2.05, 4.69) is 10.1 Å². The zero-order valence-electron chi connectivity index (χ0n) is 16.9. The van der Waals surface area contributed by atoms with Crippen molar-refractivity contribution >= 4 is 0 Å². The molecule has 2 aromatic carbocycles. The lowest BCUT2D eigenvalue weighted by Crippen LogP contribution is -2.28. The summed E-state index contributed by atoms with van der Waals surface area (Å²) in [6.45, 7) is 0.997. The molecule has 0 saturated carbocycles. The van der Waals surface area contributed by atoms with Crippen LogP contribution in [0.25, 0.3) is 11.4 Å². The summed E-state index contributed by atoms with van der Waals surface area (Å²) < 4.78 is 48.9. The molecule has 2 heterocycles. The number of halogens is 3. The fraction of sp³-hybridized carbons (Fsp3) is 0.217. The lowest BCUT2D eigenvalue weighted by molar-refractivity contribution is -0.137. The minimum atomic E-state index is -4.41. The average molecular weight is 443 g/mol. The third-order valence-corrected chi connectivity index (χ3v) is 4.85. The Morgan fingerprint density at radius 1 is 0.938 bits per heavy atom. The number of hydrogen-bond donors (Lipinski definition) is 1. The molecule has 0 saturated heterocycles. The van der Waals surface area contributed by atoms with Crippen LogP contribution in [0.15, 0.2) is 81.9 Å². The molecule has 0 aliphatic carbocycles. The number of benzene rings is 2. The highest BCUT2D eigenvalue weighted by Crippen LogP contribution is 2.30. The van der Waals surface area contributed by atoms with Crippen molar-refractivity contribution in [2.75, 3.05) is 6.54 Å². The van der Waals surface area contributed by atoms with Gasteiger partial charge < -0.3 is 14.0 Å². The third kappa shape index (κ3) is 5.43. The van der Waals surface area contributed by atoms with E-state index >= 15 is 0 Å². The van der Waals surface area contributed by atoms with Crippen molar-refractivity contribution in [3.63, 3.8) is 0 Å². The molecule has 2 aromatic heterocycles. The minimum Gasteiger partial charge on any atom is -0.467 e. The molecular weight excluding hydrogens is 423 g/mol. The molecule has 0 unspecified atom stereocenters. The number of aliphatic hydroxyl groups is 1. The molecule has 1 atom stereocenters. The molecule has 4 rings (SSSR count). The number of rotatable bonds is 8. The lowest BCUT2D eigenvalue weighted by Gasteiger charge is -2.22. The van der Waals surface area contributed by atoms with Gasteiger partial charge in [-0.2, -0.15) is 18.2 Å². The van der Waals surface area contributed by atoms with Crippen molar-refractivity contribution < 1.29 is 27.2 Å². The fourth-order valence-electron chi connectivity index (χ4n) is 3.28. The second kappa shape index (κ2) is 9.37. The van der Waals surface area contributed by atoms with Gasteiger partial charge in [0.25, 0.3) is 0 Å². The first-order valence-electron chi connectivity index (χ1n) is 9.86. The summed E-state index contributed by atoms with van der Waals surface area (Å²) in [5, 5.41) is 14.4. The van der Waals surface area contributed by atoms with Gasteiger partial charge in [0.1, 0.15) is 11.9 Å². The van der Waals surface area contributed by atoms with Gasteiger partial charge in [0, 0.05) is 18.7 Å². The quantitative estimate of drug-likeness (QED) is 0.409. The van der Waals surface area contributed by atoms with Gasteiger partial charge >= 0.3 is 6.18 Å². The summed E-state index contributed by atoms with van der Waals surface area (Å²) in [4.78, 5) is 6.24. The van der Waals surface area contributed by atoms with Gasteiger partial charge in [-0.05, 0) is 29.8 Å². The normalized spacial score (nSPS) is 12.9. The predicted molar refractivity (Wildman–Crippen MR) is 109 cm³/mol. The zero-order valence-corrected chi connectivity index (χ0v) is 16.9. The van der Waals surface area contributed by atoms with Crippen LogP contribution in [0.4, 0.5) is 13.2 Å². The van der Waals surface area contributed by atoms with Crippen molar-refractivity contribution in [3.8, 4) is 11.4 Å². The Bertz CT molecular complexity index is 1110. The molecule has 0 bridgehead atoms. The van der Waals surface area contributed by atoms with Crippen molar-refractivity contribution in [2.45, 2.75) is 25.4 Å². The molecule has 6 nitrogen and oxygen atoms in total. The molecule has 9 heteroatoms. The first kappa shape index (κ1) is 21.8. The second-order valence-electron chi connectivity index (χ2n) is 7.27. The highest BCUT2D eigenvalue weighted by Gasteiger charge is 2.30. The van der Waals surface area contributed by atoms with Gasteiger partial charge in [-0.25, -0.2) is 0 Å². The van der Waals surface area contributed by atoms with E-state index in [0.717, 1.165) is 17.7 Å². The predicted octanol–water partition coefficient (Wildman–Crippen LogP) is 5.08. The Hall–Kier alpha value is -3.43. The van der Waals surface area contributed by atoms with E-state index in [9.17, 15) is 18.3 Å². The highest BCUT2D eigenvalue weighted by atomic mass is 19.4. The van der Waals surface area contributed by atoms with Crippen LogP contribution >= 0.6 is 0 Å². The van der Waals surface area contributed by atoms with E-state index in [1.807, 2.05) is 35.2 Å². The largest absolute Gasteiger partial charge is 0.467 e. The van der Waals surface area contributed by atoms with E-state index in [4.69, 9.17) is 8.94 Å². The number of alkyl halides is 3. The number of aromatic nitrogens is 2. The van der Waals surface area contributed by atoms with E-state index in [1.165, 1.54) is 18.4 Å². The summed E-state index contributed by atoms with van der Waals surface area (Å²) >= 11 is 0. The summed E-state index contributed by atoms with van der Waals surface area (Å²) in [5.41, 5.74) is 0.700. The fourth-order valence-corrected chi connectivity index (χ4v) is 3.28. The third-order valence-electron chi connectivity index (χ3n) is 4.85. The van der Waals surface area contributed by atoms with Gasteiger partial charge in [0.2, 0.25) is 11.7 Å². The topological polar surface area (TPSA) is 75.5 Å². The first-order chi connectivity index (χ1) is 15.4. The van der Waals surface area contributed by atoms with Crippen molar-refractivity contribution in [1.29, 1.82) is 0 Å². The minimum absolute atomic E-state index is 0.194. The van der Waals surface area contributed by atoms with Crippen LogP contribution in [0.2, 0.25) is 0 Å². The van der Waals surface area contributed by atoms with E-state index in [1.54, 1.807) is 12.1 Å². The Morgan fingerprint density at radius 3 is 2.34 bits per heavy atom. The van der Waals surface area contributed by atoms with Crippen LogP contribution in [-0.4, -0.2) is 26.7 Å². The molecule has 166 valence electrons. The Labute approximate surface area is 181 Å². The van der Waals surface area contributed by atoms with E-state index in [-0.39, 0.29) is 24.8 Å². The molecule has 1 N–H and O–H groups in total. The van der Waals surface area contributed by atoms with Crippen LogP contribution in [-0.2, 0) is 19.3 Å². The van der Waals surface area contributed by atoms with Crippen LogP contribution < -0.4 is 0 Å². The summed E-state index contributed by atoms with van der Waals surface area (Å²) in [7, 11) is 0. The maximum atomic E-state index is 12.8. The molecule has 0 fully saturated rings. The summed E-state index contributed by atoms with van der Waals surface area (Å²) in [6.07, 6.45) is -3.77. The first-order valence-corrected chi connectivity index (χ1v) is 9.86. The molecule has 0 amide bonds. The van der Waals surface area contributed by atoms with Gasteiger partial charge in [-0.3, -0.25) is 4.90 Å². The molecule has 4 aromatic rings. The zero-order chi connectivity index (χ0) is 22.6. The maximum absolute atomic E-state index is 12.8. The van der Waals surface area contributed by atoms with Gasteiger partial charge in [0.15, 0.2) is 0 Å². The monoisotopic (exact) mass is 443 g/mol. The average Bonchev–Trinajstić information content (AvgIpc) is 3.46. The molecule has 0 aliphatic heterocycles. The highest BCUT2D eigenvalue weighted by molar-refractivity contribution is 5.54. The van der Waals surface area contributed by atoms with E-state index < -0.39 is 17.8 Å². The Morgan fingerprint density at radius 2 is 1.69 bits per heavy atom. The smallest absolute Gasteiger partial charge is 0.416 e. The summed E-state index contributed by atoms with van der Waals surface area (Å²) in [5.74, 6) is 0.918. The number of nitrogens with zero attached hydrogens (tertiary/aromatic N) is 3. The molecule has 32 heavy (non-hydrogen) atoms. The lowest BCUT2D eigenvalue weighted by atomic mass is 10.1. The van der Waals surface area contributed by atoms with Crippen LogP contribution in [0.1, 0.15) is 28.9 Å². The van der Waals surface area contributed by atoms with Gasteiger partial charge in [0.05, 0.1) is 18.4 Å². The van der Waals surface area contributed by atoms with Crippen LogP contribution in [0.5, 0.6) is 0 Å². The molecule has 0 spiro atoms. The number of furan rings is 1. The van der Waals surface area contributed by atoms with Gasteiger partial charge in [-0.1, -0.05) is 47.6 Å². The van der Waals surface area contributed by atoms with Crippen molar-refractivity contribution in [1.82, 2.24) is 15.0 Å². The van der Waals surface area contributed by atoms with E-state index in [0.29, 0.717) is 17.9 Å². The second-order valence-corrected chi connectivity index (χ2v) is 7.27. The van der Waals surface area contributed by atoms with Crippen LogP contribution in [0.3, 0.4) is 0 Å². The van der Waals surface area contributed by atoms with Gasteiger partial charge in [-0.15, -0.1) is 0 Å². The molecule has 0 radical (unpaired) electrons.